The second-order valence-corrected chi connectivity index (χ2v) is 5.17. The third kappa shape index (κ3) is 1.91. The highest BCUT2D eigenvalue weighted by molar-refractivity contribution is 5.32. The number of fused-ring (bicyclic) bond motifs is 1. The molecule has 0 aromatic carbocycles. The first-order chi connectivity index (χ1) is 7.15. The fourth-order valence-electron chi connectivity index (χ4n) is 2.63. The molecular weight excluding hydrogens is 184 g/mol. The smallest absolute Gasteiger partial charge is 0.0302 e. The molecule has 2 heteroatoms. The molecule has 82 valence electrons. The van der Waals surface area contributed by atoms with Gasteiger partial charge < -0.3 is 5.32 Å². The molecule has 1 atom stereocenters. The molecule has 1 aliphatic rings. The van der Waals surface area contributed by atoms with Crippen LogP contribution in [0.25, 0.3) is 0 Å². The fourth-order valence-corrected chi connectivity index (χ4v) is 2.63. The van der Waals surface area contributed by atoms with E-state index >= 15 is 0 Å². The number of rotatable bonds is 2. The number of aryl methyl sites for hydroxylation is 1. The molecule has 0 amide bonds. The number of likely N-dealkylation sites (N-methyl/N-ethyl adjacent to an activating group) is 1. The van der Waals surface area contributed by atoms with Crippen molar-refractivity contribution in [2.45, 2.75) is 32.6 Å². The summed E-state index contributed by atoms with van der Waals surface area (Å²) in [6.45, 7) is 5.81. The van der Waals surface area contributed by atoms with Crippen molar-refractivity contribution in [1.82, 2.24) is 10.3 Å². The van der Waals surface area contributed by atoms with Gasteiger partial charge in [0.1, 0.15) is 0 Å². The Morgan fingerprint density at radius 3 is 3.07 bits per heavy atom. The summed E-state index contributed by atoms with van der Waals surface area (Å²) in [4.78, 5) is 4.22. The molecule has 1 aromatic heterocycles. The van der Waals surface area contributed by atoms with Gasteiger partial charge in [0.05, 0.1) is 0 Å². The lowest BCUT2D eigenvalue weighted by atomic mass is 9.66. The molecule has 0 radical (unpaired) electrons. The summed E-state index contributed by atoms with van der Waals surface area (Å²) in [7, 11) is 2.03. The van der Waals surface area contributed by atoms with E-state index in [1.165, 1.54) is 24.0 Å². The summed E-state index contributed by atoms with van der Waals surface area (Å²) in [5, 5.41) is 3.31. The van der Waals surface area contributed by atoms with E-state index in [9.17, 15) is 0 Å². The first-order valence-corrected chi connectivity index (χ1v) is 5.72. The molecule has 15 heavy (non-hydrogen) atoms. The molecular formula is C13H20N2. The summed E-state index contributed by atoms with van der Waals surface area (Å²) in [6.07, 6.45) is 6.39. The van der Waals surface area contributed by atoms with Crippen LogP contribution in [-0.2, 0) is 6.42 Å². The normalized spacial score (nSPS) is 23.5. The second kappa shape index (κ2) is 3.93. The van der Waals surface area contributed by atoms with Gasteiger partial charge in [0, 0.05) is 24.9 Å². The van der Waals surface area contributed by atoms with Gasteiger partial charge in [-0.2, -0.15) is 0 Å². The van der Waals surface area contributed by atoms with Gasteiger partial charge >= 0.3 is 0 Å². The average molecular weight is 204 g/mol. The van der Waals surface area contributed by atoms with Crippen molar-refractivity contribution in [1.29, 1.82) is 0 Å². The first kappa shape index (κ1) is 10.6. The summed E-state index contributed by atoms with van der Waals surface area (Å²) >= 11 is 0. The Morgan fingerprint density at radius 2 is 2.33 bits per heavy atom. The van der Waals surface area contributed by atoms with Crippen LogP contribution in [-0.4, -0.2) is 18.6 Å². The Balaban J connectivity index is 2.39. The van der Waals surface area contributed by atoms with Crippen molar-refractivity contribution in [2.24, 2.45) is 5.41 Å². The fraction of sp³-hybridized carbons (Fsp3) is 0.615. The van der Waals surface area contributed by atoms with Gasteiger partial charge in [0.15, 0.2) is 0 Å². The van der Waals surface area contributed by atoms with E-state index < -0.39 is 0 Å². The van der Waals surface area contributed by atoms with E-state index in [0.29, 0.717) is 11.3 Å². The van der Waals surface area contributed by atoms with Crippen LogP contribution in [0, 0.1) is 5.41 Å². The van der Waals surface area contributed by atoms with Crippen molar-refractivity contribution in [3.8, 4) is 0 Å². The molecule has 0 bridgehead atoms. The van der Waals surface area contributed by atoms with Crippen molar-refractivity contribution in [2.75, 3.05) is 13.6 Å². The summed E-state index contributed by atoms with van der Waals surface area (Å²) in [5.41, 5.74) is 3.34. The number of nitrogens with zero attached hydrogens (tertiary/aromatic N) is 1. The monoisotopic (exact) mass is 204 g/mol. The minimum atomic E-state index is 0.400. The topological polar surface area (TPSA) is 24.9 Å². The van der Waals surface area contributed by atoms with Crippen LogP contribution >= 0.6 is 0 Å². The second-order valence-electron chi connectivity index (χ2n) is 5.17. The maximum atomic E-state index is 4.22. The Bertz CT molecular complexity index is 344. The maximum absolute atomic E-state index is 4.22. The van der Waals surface area contributed by atoms with Crippen LogP contribution in [0.1, 0.15) is 37.3 Å². The Hall–Kier alpha value is -0.890. The van der Waals surface area contributed by atoms with Crippen LogP contribution in [0.4, 0.5) is 0 Å². The van der Waals surface area contributed by atoms with Crippen LogP contribution in [0.5, 0.6) is 0 Å². The lowest BCUT2D eigenvalue weighted by Gasteiger charge is -2.40. The van der Waals surface area contributed by atoms with Crippen LogP contribution in [0.3, 0.4) is 0 Å². The summed E-state index contributed by atoms with van der Waals surface area (Å²) in [6, 6.07) is 2.19. The van der Waals surface area contributed by atoms with E-state index in [1.807, 2.05) is 19.4 Å². The molecule has 1 unspecified atom stereocenters. The predicted octanol–water partition coefficient (Wildman–Crippen LogP) is 2.36. The van der Waals surface area contributed by atoms with E-state index in [2.05, 4.69) is 30.2 Å². The quantitative estimate of drug-likeness (QED) is 0.800. The highest BCUT2D eigenvalue weighted by Crippen LogP contribution is 2.44. The molecule has 0 saturated heterocycles. The predicted molar refractivity (Wildman–Crippen MR) is 63.0 cm³/mol. The lowest BCUT2D eigenvalue weighted by molar-refractivity contribution is 0.241. The van der Waals surface area contributed by atoms with Gasteiger partial charge in [0.2, 0.25) is 0 Å². The standard InChI is InChI=1S/C13H20N2/c1-13(2)6-4-10-8-15-7-5-11(10)12(13)9-14-3/h5,7-8,12,14H,4,6,9H2,1-3H3. The summed E-state index contributed by atoms with van der Waals surface area (Å²) < 4.78 is 0. The van der Waals surface area contributed by atoms with Gasteiger partial charge in [-0.25, -0.2) is 0 Å². The Morgan fingerprint density at radius 1 is 1.53 bits per heavy atom. The average Bonchev–Trinajstić information content (AvgIpc) is 2.23. The largest absolute Gasteiger partial charge is 0.319 e. The minimum Gasteiger partial charge on any atom is -0.319 e. The zero-order chi connectivity index (χ0) is 10.9. The molecule has 0 fully saturated rings. The molecule has 0 saturated carbocycles. The lowest BCUT2D eigenvalue weighted by Crippen LogP contribution is -2.34. The van der Waals surface area contributed by atoms with Crippen molar-refractivity contribution >= 4 is 0 Å². The SMILES string of the molecule is CNCC1c2ccncc2CCC1(C)C. The van der Waals surface area contributed by atoms with E-state index in [0.717, 1.165) is 6.54 Å². The van der Waals surface area contributed by atoms with E-state index in [1.54, 1.807) is 0 Å². The molecule has 0 aliphatic heterocycles. The van der Waals surface area contributed by atoms with Gasteiger partial charge in [-0.1, -0.05) is 13.8 Å². The third-order valence-corrected chi connectivity index (χ3v) is 3.71. The zero-order valence-corrected chi connectivity index (χ0v) is 9.88. The minimum absolute atomic E-state index is 0.400. The van der Waals surface area contributed by atoms with Gasteiger partial charge in [-0.15, -0.1) is 0 Å². The first-order valence-electron chi connectivity index (χ1n) is 5.72. The highest BCUT2D eigenvalue weighted by Gasteiger charge is 2.35. The van der Waals surface area contributed by atoms with Crippen molar-refractivity contribution in [3.63, 3.8) is 0 Å². The molecule has 1 aliphatic carbocycles. The Kier molecular flexibility index (Phi) is 2.79. The summed E-state index contributed by atoms with van der Waals surface area (Å²) in [5.74, 6) is 0.620. The van der Waals surface area contributed by atoms with Gasteiger partial charge in [0.25, 0.3) is 0 Å². The molecule has 2 rings (SSSR count). The zero-order valence-electron chi connectivity index (χ0n) is 9.88. The molecule has 2 nitrogen and oxygen atoms in total. The highest BCUT2D eigenvalue weighted by atomic mass is 14.8. The van der Waals surface area contributed by atoms with Crippen molar-refractivity contribution in [3.05, 3.63) is 29.6 Å². The number of pyridine rings is 1. The van der Waals surface area contributed by atoms with E-state index in [-0.39, 0.29) is 0 Å². The number of hydrogen-bond donors (Lipinski definition) is 1. The number of aromatic nitrogens is 1. The van der Waals surface area contributed by atoms with Crippen LogP contribution < -0.4 is 5.32 Å². The van der Waals surface area contributed by atoms with Crippen LogP contribution in [0.2, 0.25) is 0 Å². The Labute approximate surface area is 92.1 Å². The van der Waals surface area contributed by atoms with E-state index in [4.69, 9.17) is 0 Å². The number of hydrogen-bond acceptors (Lipinski definition) is 2. The van der Waals surface area contributed by atoms with Crippen molar-refractivity contribution < 1.29 is 0 Å². The van der Waals surface area contributed by atoms with Crippen LogP contribution in [0.15, 0.2) is 18.5 Å². The molecule has 0 spiro atoms. The molecule has 1 heterocycles. The maximum Gasteiger partial charge on any atom is 0.0302 e. The number of nitrogens with one attached hydrogen (secondary N) is 1. The molecule has 1 aromatic rings. The molecule has 1 N–H and O–H groups in total. The third-order valence-electron chi connectivity index (χ3n) is 3.71. The van der Waals surface area contributed by atoms with Gasteiger partial charge in [-0.05, 0) is 42.5 Å². The van der Waals surface area contributed by atoms with Gasteiger partial charge in [-0.3, -0.25) is 4.98 Å².